The number of hydrogen-bond donors (Lipinski definition) is 0. The number of allylic oxidation sites excluding steroid dienone is 2. The normalized spacial score (nSPS) is 9.76. The molecule has 1 aromatic carbocycles. The van der Waals surface area contributed by atoms with Crippen LogP contribution in [0.5, 0.6) is 0 Å². The molecule has 1 aromatic rings. The Bertz CT molecular complexity index is 607. The third kappa shape index (κ3) is 5.56. The molecule has 0 aliphatic rings. The lowest BCUT2D eigenvalue weighted by molar-refractivity contribution is 0.131. The lowest BCUT2D eigenvalue weighted by atomic mass is 10.2. The van der Waals surface area contributed by atoms with Crippen LogP contribution in [-0.2, 0) is 11.4 Å². The van der Waals surface area contributed by atoms with E-state index in [2.05, 4.69) is 5.16 Å². The van der Waals surface area contributed by atoms with E-state index in [1.54, 1.807) is 31.1 Å². The number of halogens is 1. The zero-order valence-corrected chi connectivity index (χ0v) is 12.6. The van der Waals surface area contributed by atoms with Gasteiger partial charge in [0.05, 0.1) is 0 Å². The first-order valence-corrected chi connectivity index (χ1v) is 6.55. The molecule has 0 radical (unpaired) electrons. The van der Waals surface area contributed by atoms with Gasteiger partial charge in [-0.2, -0.15) is 10.5 Å². The van der Waals surface area contributed by atoms with Gasteiger partial charge in [-0.15, -0.1) is 0 Å². The third-order valence-corrected chi connectivity index (χ3v) is 2.84. The molecule has 0 saturated heterocycles. The molecule has 0 spiro atoms. The van der Waals surface area contributed by atoms with E-state index < -0.39 is 0 Å². The number of oxime groups is 1. The van der Waals surface area contributed by atoms with Crippen molar-refractivity contribution < 1.29 is 4.84 Å². The molecule has 0 aliphatic carbocycles. The van der Waals surface area contributed by atoms with E-state index in [4.69, 9.17) is 27.0 Å². The van der Waals surface area contributed by atoms with Crippen molar-refractivity contribution in [2.24, 2.45) is 5.16 Å². The summed E-state index contributed by atoms with van der Waals surface area (Å²) in [6, 6.07) is 11.0. The first kappa shape index (κ1) is 16.6. The van der Waals surface area contributed by atoms with Gasteiger partial charge in [0.25, 0.3) is 0 Å². The van der Waals surface area contributed by atoms with Crippen LogP contribution in [0.4, 0.5) is 0 Å². The Balaban J connectivity index is 2.56. The second-order valence-corrected chi connectivity index (χ2v) is 4.77. The monoisotopic (exact) mass is 302 g/mol. The largest absolute Gasteiger partial charge is 0.391 e. The molecule has 0 saturated carbocycles. The SMILES string of the molecule is CN(C)C(C/C=N\OCc1cccc(Cl)c1)=C(C#N)C#N. The molecule has 0 N–H and O–H groups in total. The minimum absolute atomic E-state index is 0.0706. The quantitative estimate of drug-likeness (QED) is 0.460. The Kier molecular flexibility index (Phi) is 6.80. The van der Waals surface area contributed by atoms with Crippen molar-refractivity contribution in [3.05, 3.63) is 46.1 Å². The molecule has 5 nitrogen and oxygen atoms in total. The Morgan fingerprint density at radius 2 is 2.10 bits per heavy atom. The predicted molar refractivity (Wildman–Crippen MR) is 81.3 cm³/mol. The summed E-state index contributed by atoms with van der Waals surface area (Å²) >= 11 is 5.86. The van der Waals surface area contributed by atoms with Gasteiger partial charge in [-0.1, -0.05) is 28.9 Å². The average molecular weight is 303 g/mol. The maximum absolute atomic E-state index is 8.88. The number of benzene rings is 1. The van der Waals surface area contributed by atoms with E-state index >= 15 is 0 Å². The van der Waals surface area contributed by atoms with Crippen molar-refractivity contribution in [3.8, 4) is 12.1 Å². The molecular formula is C15H15ClN4O. The predicted octanol–water partition coefficient (Wildman–Crippen LogP) is 3.10. The molecule has 0 amide bonds. The van der Waals surface area contributed by atoms with Crippen LogP contribution in [0.15, 0.2) is 40.7 Å². The van der Waals surface area contributed by atoms with Crippen LogP contribution >= 0.6 is 11.6 Å². The highest BCUT2D eigenvalue weighted by atomic mass is 35.5. The fourth-order valence-electron chi connectivity index (χ4n) is 1.58. The van der Waals surface area contributed by atoms with Gasteiger partial charge in [-0.25, -0.2) is 0 Å². The minimum atomic E-state index is 0.0706. The van der Waals surface area contributed by atoms with Gasteiger partial charge in [-0.05, 0) is 17.7 Å². The highest BCUT2D eigenvalue weighted by molar-refractivity contribution is 6.30. The summed E-state index contributed by atoms with van der Waals surface area (Å²) in [4.78, 5) is 6.87. The summed E-state index contributed by atoms with van der Waals surface area (Å²) in [6.45, 7) is 0.307. The van der Waals surface area contributed by atoms with Gasteiger partial charge < -0.3 is 9.74 Å². The Labute approximate surface area is 129 Å². The molecule has 6 heteroatoms. The molecule has 0 unspecified atom stereocenters. The van der Waals surface area contributed by atoms with Crippen LogP contribution in [0.25, 0.3) is 0 Å². The lowest BCUT2D eigenvalue weighted by Crippen LogP contribution is -2.13. The molecule has 0 aliphatic heterocycles. The van der Waals surface area contributed by atoms with Gasteiger partial charge in [-0.3, -0.25) is 0 Å². The van der Waals surface area contributed by atoms with Gasteiger partial charge in [0.2, 0.25) is 0 Å². The maximum atomic E-state index is 8.88. The molecule has 0 aromatic heterocycles. The first-order chi connectivity index (χ1) is 10.1. The van der Waals surface area contributed by atoms with Crippen LogP contribution in [0.3, 0.4) is 0 Å². The zero-order valence-electron chi connectivity index (χ0n) is 11.9. The fourth-order valence-corrected chi connectivity index (χ4v) is 1.79. The second-order valence-electron chi connectivity index (χ2n) is 4.34. The first-order valence-electron chi connectivity index (χ1n) is 6.17. The minimum Gasteiger partial charge on any atom is -0.391 e. The van der Waals surface area contributed by atoms with E-state index in [1.807, 2.05) is 24.3 Å². The Morgan fingerprint density at radius 3 is 2.67 bits per heavy atom. The summed E-state index contributed by atoms with van der Waals surface area (Å²) in [6.07, 6.45) is 1.87. The van der Waals surface area contributed by atoms with Crippen molar-refractivity contribution in [3.63, 3.8) is 0 Å². The van der Waals surface area contributed by atoms with Crippen LogP contribution in [0, 0.1) is 22.7 Å². The third-order valence-electron chi connectivity index (χ3n) is 2.61. The summed E-state index contributed by atoms with van der Waals surface area (Å²) in [5.74, 6) is 0. The fraction of sp³-hybridized carbons (Fsp3) is 0.267. The van der Waals surface area contributed by atoms with Crippen molar-refractivity contribution in [2.45, 2.75) is 13.0 Å². The molecule has 0 bridgehead atoms. The highest BCUT2D eigenvalue weighted by Gasteiger charge is 2.07. The zero-order chi connectivity index (χ0) is 15.7. The summed E-state index contributed by atoms with van der Waals surface area (Å²) in [7, 11) is 3.54. The van der Waals surface area contributed by atoms with Gasteiger partial charge in [0, 0.05) is 37.5 Å². The van der Waals surface area contributed by atoms with E-state index in [-0.39, 0.29) is 5.57 Å². The highest BCUT2D eigenvalue weighted by Crippen LogP contribution is 2.12. The summed E-state index contributed by atoms with van der Waals surface area (Å²) in [5, 5.41) is 22.2. The Hall–Kier alpha value is -2.50. The summed E-state index contributed by atoms with van der Waals surface area (Å²) < 4.78 is 0. The average Bonchev–Trinajstić information content (AvgIpc) is 2.46. The maximum Gasteiger partial charge on any atom is 0.149 e. The van der Waals surface area contributed by atoms with E-state index in [0.29, 0.717) is 23.7 Å². The van der Waals surface area contributed by atoms with Crippen molar-refractivity contribution in [1.29, 1.82) is 10.5 Å². The van der Waals surface area contributed by atoms with Crippen LogP contribution in [0.1, 0.15) is 12.0 Å². The van der Waals surface area contributed by atoms with Crippen LogP contribution in [0.2, 0.25) is 5.02 Å². The van der Waals surface area contributed by atoms with Gasteiger partial charge >= 0.3 is 0 Å². The topological polar surface area (TPSA) is 72.4 Å². The van der Waals surface area contributed by atoms with Crippen molar-refractivity contribution in [1.82, 2.24) is 4.90 Å². The summed E-state index contributed by atoms with van der Waals surface area (Å²) in [5.41, 5.74) is 1.58. The molecule has 21 heavy (non-hydrogen) atoms. The second kappa shape index (κ2) is 8.63. The molecule has 108 valence electrons. The Morgan fingerprint density at radius 1 is 1.38 bits per heavy atom. The van der Waals surface area contributed by atoms with Crippen molar-refractivity contribution >= 4 is 17.8 Å². The van der Waals surface area contributed by atoms with E-state index in [1.165, 1.54) is 6.21 Å². The van der Waals surface area contributed by atoms with E-state index in [9.17, 15) is 0 Å². The van der Waals surface area contributed by atoms with E-state index in [0.717, 1.165) is 5.56 Å². The number of nitrogens with zero attached hydrogens (tertiary/aromatic N) is 4. The molecule has 0 heterocycles. The van der Waals surface area contributed by atoms with Gasteiger partial charge in [0.15, 0.2) is 0 Å². The van der Waals surface area contributed by atoms with Crippen molar-refractivity contribution in [2.75, 3.05) is 14.1 Å². The molecule has 1 rings (SSSR count). The number of rotatable bonds is 6. The lowest BCUT2D eigenvalue weighted by Gasteiger charge is -2.14. The smallest absolute Gasteiger partial charge is 0.149 e. The number of hydrogen-bond acceptors (Lipinski definition) is 5. The van der Waals surface area contributed by atoms with Gasteiger partial charge in [0.1, 0.15) is 24.3 Å². The molecule has 0 atom stereocenters. The van der Waals surface area contributed by atoms with Crippen LogP contribution in [-0.4, -0.2) is 25.2 Å². The molecule has 0 fully saturated rings. The van der Waals surface area contributed by atoms with Crippen LogP contribution < -0.4 is 0 Å². The molecular weight excluding hydrogens is 288 g/mol. The standard InChI is InChI=1S/C15H15ClN4O/c1-20(2)15(13(9-17)10-18)6-7-19-21-11-12-4-3-5-14(16)8-12/h3-5,7-8H,6,11H2,1-2H3/b19-7-. The number of nitriles is 2.